The van der Waals surface area contributed by atoms with Crippen molar-refractivity contribution >= 4 is 17.6 Å². The normalized spacial score (nSPS) is 10.3. The van der Waals surface area contributed by atoms with E-state index in [1.165, 1.54) is 0 Å². The summed E-state index contributed by atoms with van der Waals surface area (Å²) in [5, 5.41) is 2.69. The number of carbonyl (C=O) groups is 2. The minimum absolute atomic E-state index is 0.370. The summed E-state index contributed by atoms with van der Waals surface area (Å²) in [7, 11) is 1.60. The van der Waals surface area contributed by atoms with Crippen molar-refractivity contribution in [3.63, 3.8) is 0 Å². The van der Waals surface area contributed by atoms with E-state index in [0.717, 1.165) is 11.1 Å². The lowest BCUT2D eigenvalue weighted by Crippen LogP contribution is -2.20. The van der Waals surface area contributed by atoms with Crippen LogP contribution >= 0.6 is 0 Å². The first-order valence-corrected chi connectivity index (χ1v) is 9.45. The van der Waals surface area contributed by atoms with E-state index < -0.39 is 11.9 Å². The molecular formula is C24H23NO5. The van der Waals surface area contributed by atoms with Crippen molar-refractivity contribution in [3.8, 4) is 5.75 Å². The van der Waals surface area contributed by atoms with Crippen molar-refractivity contribution in [1.82, 2.24) is 0 Å². The van der Waals surface area contributed by atoms with Gasteiger partial charge >= 0.3 is 5.97 Å². The molecule has 3 aromatic rings. The van der Waals surface area contributed by atoms with Gasteiger partial charge in [0.25, 0.3) is 5.91 Å². The van der Waals surface area contributed by atoms with Crippen LogP contribution in [0, 0.1) is 0 Å². The number of ether oxygens (including phenoxy) is 3. The van der Waals surface area contributed by atoms with Gasteiger partial charge in [-0.1, -0.05) is 42.5 Å². The lowest BCUT2D eigenvalue weighted by atomic mass is 10.1. The Bertz CT molecular complexity index is 953. The van der Waals surface area contributed by atoms with Gasteiger partial charge in [0.1, 0.15) is 12.4 Å². The number of amides is 1. The molecule has 3 aromatic carbocycles. The van der Waals surface area contributed by atoms with Gasteiger partial charge in [0.05, 0.1) is 12.2 Å². The van der Waals surface area contributed by atoms with Crippen LogP contribution in [0.4, 0.5) is 5.69 Å². The second-order valence-electron chi connectivity index (χ2n) is 6.55. The van der Waals surface area contributed by atoms with Gasteiger partial charge in [-0.3, -0.25) is 4.79 Å². The Morgan fingerprint density at radius 2 is 1.47 bits per heavy atom. The highest BCUT2D eigenvalue weighted by Gasteiger charge is 2.10. The zero-order valence-corrected chi connectivity index (χ0v) is 16.7. The smallest absolute Gasteiger partial charge is 0.338 e. The standard InChI is InChI=1S/C24H23NO5/c1-28-15-19-7-9-20(10-8-19)24(27)30-17-23(26)25-21-11-13-22(14-12-21)29-16-18-5-3-2-4-6-18/h2-14H,15-17H2,1H3,(H,25,26). The van der Waals surface area contributed by atoms with Crippen molar-refractivity contribution in [3.05, 3.63) is 95.6 Å². The van der Waals surface area contributed by atoms with Gasteiger partial charge in [-0.25, -0.2) is 4.79 Å². The summed E-state index contributed by atoms with van der Waals surface area (Å²) >= 11 is 0. The predicted molar refractivity (Wildman–Crippen MR) is 113 cm³/mol. The molecule has 0 saturated heterocycles. The SMILES string of the molecule is COCc1ccc(C(=O)OCC(=O)Nc2ccc(OCc3ccccc3)cc2)cc1. The van der Waals surface area contributed by atoms with Crippen molar-refractivity contribution in [2.45, 2.75) is 13.2 Å². The van der Waals surface area contributed by atoms with E-state index in [2.05, 4.69) is 5.32 Å². The maximum absolute atomic E-state index is 12.1. The molecule has 30 heavy (non-hydrogen) atoms. The summed E-state index contributed by atoms with van der Waals surface area (Å²) in [5.41, 5.74) is 2.99. The van der Waals surface area contributed by atoms with Crippen LogP contribution in [0.15, 0.2) is 78.9 Å². The maximum atomic E-state index is 12.1. The second-order valence-corrected chi connectivity index (χ2v) is 6.55. The fourth-order valence-corrected chi connectivity index (χ4v) is 2.69. The van der Waals surface area contributed by atoms with Crippen LogP contribution in [0.5, 0.6) is 5.75 Å². The molecule has 0 radical (unpaired) electrons. The molecule has 1 amide bonds. The third kappa shape index (κ3) is 6.46. The van der Waals surface area contributed by atoms with E-state index in [1.807, 2.05) is 30.3 Å². The van der Waals surface area contributed by atoms with Gasteiger partial charge in [0, 0.05) is 12.8 Å². The average Bonchev–Trinajstić information content (AvgIpc) is 2.78. The molecular weight excluding hydrogens is 382 g/mol. The number of carbonyl (C=O) groups excluding carboxylic acids is 2. The number of esters is 1. The lowest BCUT2D eigenvalue weighted by Gasteiger charge is -2.09. The second kappa shape index (κ2) is 10.8. The van der Waals surface area contributed by atoms with Gasteiger partial charge in [-0.15, -0.1) is 0 Å². The molecule has 0 unspecified atom stereocenters. The minimum Gasteiger partial charge on any atom is -0.489 e. The molecule has 0 aliphatic rings. The highest BCUT2D eigenvalue weighted by molar-refractivity contribution is 5.95. The Balaban J connectivity index is 1.43. The number of rotatable bonds is 9. The molecule has 6 nitrogen and oxygen atoms in total. The first kappa shape index (κ1) is 21.1. The van der Waals surface area contributed by atoms with Crippen LogP contribution in [-0.4, -0.2) is 25.6 Å². The third-order valence-corrected chi connectivity index (χ3v) is 4.22. The zero-order chi connectivity index (χ0) is 21.2. The van der Waals surface area contributed by atoms with E-state index in [0.29, 0.717) is 30.2 Å². The molecule has 0 aromatic heterocycles. The molecule has 6 heteroatoms. The van der Waals surface area contributed by atoms with E-state index in [9.17, 15) is 9.59 Å². The summed E-state index contributed by atoms with van der Waals surface area (Å²) in [4.78, 5) is 24.1. The number of hydrogen-bond donors (Lipinski definition) is 1. The van der Waals surface area contributed by atoms with Crippen LogP contribution in [-0.2, 0) is 27.5 Å². The number of hydrogen-bond acceptors (Lipinski definition) is 5. The van der Waals surface area contributed by atoms with Crippen molar-refractivity contribution in [2.24, 2.45) is 0 Å². The summed E-state index contributed by atoms with van der Waals surface area (Å²) in [5.74, 6) is -0.281. The van der Waals surface area contributed by atoms with Gasteiger partial charge in [-0.05, 0) is 47.5 Å². The van der Waals surface area contributed by atoms with Crippen LogP contribution in [0.25, 0.3) is 0 Å². The molecule has 0 aliphatic heterocycles. The number of benzene rings is 3. The Labute approximate surface area is 175 Å². The topological polar surface area (TPSA) is 73.9 Å². The molecule has 0 atom stereocenters. The first-order valence-electron chi connectivity index (χ1n) is 9.45. The molecule has 0 heterocycles. The van der Waals surface area contributed by atoms with Crippen molar-refractivity contribution in [1.29, 1.82) is 0 Å². The quantitative estimate of drug-likeness (QED) is 0.540. The first-order chi connectivity index (χ1) is 14.6. The van der Waals surface area contributed by atoms with E-state index in [1.54, 1.807) is 55.6 Å². The Morgan fingerprint density at radius 1 is 0.800 bits per heavy atom. The molecule has 0 aliphatic carbocycles. The van der Waals surface area contributed by atoms with E-state index in [4.69, 9.17) is 14.2 Å². The van der Waals surface area contributed by atoms with Crippen molar-refractivity contribution < 1.29 is 23.8 Å². The van der Waals surface area contributed by atoms with Gasteiger partial charge in [0.15, 0.2) is 6.61 Å². The highest BCUT2D eigenvalue weighted by Crippen LogP contribution is 2.17. The summed E-state index contributed by atoms with van der Waals surface area (Å²) < 4.78 is 15.8. The molecule has 0 spiro atoms. The highest BCUT2D eigenvalue weighted by atomic mass is 16.5. The molecule has 3 rings (SSSR count). The van der Waals surface area contributed by atoms with E-state index in [-0.39, 0.29) is 6.61 Å². The number of anilines is 1. The van der Waals surface area contributed by atoms with Gasteiger partial charge in [-0.2, -0.15) is 0 Å². The Hall–Kier alpha value is -3.64. The van der Waals surface area contributed by atoms with Gasteiger partial charge < -0.3 is 19.5 Å². The molecule has 0 fully saturated rings. The third-order valence-electron chi connectivity index (χ3n) is 4.22. The van der Waals surface area contributed by atoms with Gasteiger partial charge in [0.2, 0.25) is 0 Å². The summed E-state index contributed by atoms with van der Waals surface area (Å²) in [6, 6.07) is 23.7. The van der Waals surface area contributed by atoms with Crippen LogP contribution in [0.1, 0.15) is 21.5 Å². The van der Waals surface area contributed by atoms with Crippen LogP contribution in [0.2, 0.25) is 0 Å². The molecule has 154 valence electrons. The fraction of sp³-hybridized carbons (Fsp3) is 0.167. The minimum atomic E-state index is -0.557. The van der Waals surface area contributed by atoms with E-state index >= 15 is 0 Å². The zero-order valence-electron chi connectivity index (χ0n) is 16.7. The summed E-state index contributed by atoms with van der Waals surface area (Å²) in [6.07, 6.45) is 0. The molecule has 1 N–H and O–H groups in total. The fourth-order valence-electron chi connectivity index (χ4n) is 2.69. The largest absolute Gasteiger partial charge is 0.489 e. The average molecular weight is 405 g/mol. The van der Waals surface area contributed by atoms with Crippen molar-refractivity contribution in [2.75, 3.05) is 19.0 Å². The number of nitrogens with one attached hydrogen (secondary N) is 1. The predicted octanol–water partition coefficient (Wildman–Crippen LogP) is 4.21. The maximum Gasteiger partial charge on any atom is 0.338 e. The summed E-state index contributed by atoms with van der Waals surface area (Å²) in [6.45, 7) is 0.563. The monoisotopic (exact) mass is 405 g/mol. The number of methoxy groups -OCH3 is 1. The molecule has 0 saturated carbocycles. The molecule has 0 bridgehead atoms. The Kier molecular flexibility index (Phi) is 7.58. The lowest BCUT2D eigenvalue weighted by molar-refractivity contribution is -0.119. The van der Waals surface area contributed by atoms with Crippen LogP contribution < -0.4 is 10.1 Å². The Morgan fingerprint density at radius 3 is 2.13 bits per heavy atom. The van der Waals surface area contributed by atoms with Crippen LogP contribution in [0.3, 0.4) is 0 Å².